The first-order valence-corrected chi connectivity index (χ1v) is 9.43. The number of benzene rings is 1. The highest BCUT2D eigenvalue weighted by Gasteiger charge is 2.16. The number of rotatable bonds is 6. The zero-order chi connectivity index (χ0) is 19.2. The molecule has 28 heavy (non-hydrogen) atoms. The smallest absolute Gasteiger partial charge is 0.315 e. The molecule has 4 rings (SSSR count). The van der Waals surface area contributed by atoms with E-state index in [2.05, 4.69) is 15.6 Å². The SMILES string of the molecule is O=C(NCc1ccnc(OC2CCOCC2)c1)NCc1ccc2occc2c1. The van der Waals surface area contributed by atoms with E-state index in [-0.39, 0.29) is 12.1 Å². The summed E-state index contributed by atoms with van der Waals surface area (Å²) in [5, 5.41) is 6.75. The van der Waals surface area contributed by atoms with Gasteiger partial charge in [-0.15, -0.1) is 0 Å². The van der Waals surface area contributed by atoms with Crippen molar-refractivity contribution in [3.8, 4) is 5.88 Å². The molecule has 2 amide bonds. The van der Waals surface area contributed by atoms with Gasteiger partial charge in [0.15, 0.2) is 0 Å². The lowest BCUT2D eigenvalue weighted by atomic mass is 10.1. The van der Waals surface area contributed by atoms with Crippen molar-refractivity contribution >= 4 is 17.0 Å². The molecule has 0 atom stereocenters. The quantitative estimate of drug-likeness (QED) is 0.684. The Hall–Kier alpha value is -3.06. The fraction of sp³-hybridized carbons (Fsp3) is 0.333. The monoisotopic (exact) mass is 381 g/mol. The highest BCUT2D eigenvalue weighted by molar-refractivity contribution is 5.78. The lowest BCUT2D eigenvalue weighted by molar-refractivity contribution is 0.0237. The molecule has 3 aromatic rings. The van der Waals surface area contributed by atoms with Crippen LogP contribution in [0.25, 0.3) is 11.0 Å². The van der Waals surface area contributed by atoms with Gasteiger partial charge in [-0.25, -0.2) is 9.78 Å². The number of carbonyl (C=O) groups is 1. The molecule has 7 heteroatoms. The van der Waals surface area contributed by atoms with Crippen molar-refractivity contribution < 1.29 is 18.7 Å². The van der Waals surface area contributed by atoms with Crippen LogP contribution < -0.4 is 15.4 Å². The second-order valence-corrected chi connectivity index (χ2v) is 6.76. The second-order valence-electron chi connectivity index (χ2n) is 6.76. The van der Waals surface area contributed by atoms with Crippen LogP contribution in [-0.2, 0) is 17.8 Å². The van der Waals surface area contributed by atoms with Crippen LogP contribution in [0, 0.1) is 0 Å². The maximum Gasteiger partial charge on any atom is 0.315 e. The minimum atomic E-state index is -0.226. The van der Waals surface area contributed by atoms with E-state index < -0.39 is 0 Å². The maximum atomic E-state index is 12.1. The number of carbonyl (C=O) groups excluding carboxylic acids is 1. The van der Waals surface area contributed by atoms with Crippen molar-refractivity contribution in [3.63, 3.8) is 0 Å². The van der Waals surface area contributed by atoms with Crippen LogP contribution in [0.5, 0.6) is 5.88 Å². The lowest BCUT2D eigenvalue weighted by Crippen LogP contribution is -2.34. The molecular weight excluding hydrogens is 358 g/mol. The number of amides is 2. The van der Waals surface area contributed by atoms with Gasteiger partial charge in [-0.05, 0) is 35.4 Å². The number of hydrogen-bond acceptors (Lipinski definition) is 5. The molecule has 3 heterocycles. The highest BCUT2D eigenvalue weighted by atomic mass is 16.5. The van der Waals surface area contributed by atoms with Gasteiger partial charge >= 0.3 is 6.03 Å². The molecule has 1 fully saturated rings. The molecule has 2 N–H and O–H groups in total. The summed E-state index contributed by atoms with van der Waals surface area (Å²) in [4.78, 5) is 16.4. The summed E-state index contributed by atoms with van der Waals surface area (Å²) in [5.41, 5.74) is 2.79. The van der Waals surface area contributed by atoms with E-state index in [1.165, 1.54) is 0 Å². The number of ether oxygens (including phenoxy) is 2. The summed E-state index contributed by atoms with van der Waals surface area (Å²) >= 11 is 0. The zero-order valence-corrected chi connectivity index (χ0v) is 15.5. The first-order valence-electron chi connectivity index (χ1n) is 9.43. The molecule has 1 aromatic carbocycles. The van der Waals surface area contributed by atoms with Gasteiger partial charge in [0.1, 0.15) is 11.7 Å². The first-order chi connectivity index (χ1) is 13.8. The van der Waals surface area contributed by atoms with E-state index in [0.29, 0.717) is 19.0 Å². The molecule has 0 aliphatic carbocycles. The predicted octanol–water partition coefficient (Wildman–Crippen LogP) is 3.39. The molecule has 0 spiro atoms. The van der Waals surface area contributed by atoms with Crippen molar-refractivity contribution in [2.45, 2.75) is 32.0 Å². The average Bonchev–Trinajstić information content (AvgIpc) is 3.20. The minimum absolute atomic E-state index is 0.139. The molecule has 2 aromatic heterocycles. The van der Waals surface area contributed by atoms with Crippen LogP contribution in [-0.4, -0.2) is 30.3 Å². The summed E-state index contributed by atoms with van der Waals surface area (Å²) < 4.78 is 16.6. The van der Waals surface area contributed by atoms with Crippen molar-refractivity contribution in [3.05, 3.63) is 60.0 Å². The average molecular weight is 381 g/mol. The van der Waals surface area contributed by atoms with Crippen LogP contribution in [0.2, 0.25) is 0 Å². The van der Waals surface area contributed by atoms with Crippen LogP contribution in [0.4, 0.5) is 4.79 Å². The number of urea groups is 1. The Kier molecular flexibility index (Phi) is 5.72. The summed E-state index contributed by atoms with van der Waals surface area (Å²) in [6.07, 6.45) is 5.24. The van der Waals surface area contributed by atoms with E-state index >= 15 is 0 Å². The molecule has 146 valence electrons. The van der Waals surface area contributed by atoms with Crippen LogP contribution in [0.3, 0.4) is 0 Å². The van der Waals surface area contributed by atoms with E-state index in [1.54, 1.807) is 12.5 Å². The number of aromatic nitrogens is 1. The number of furan rings is 1. The van der Waals surface area contributed by atoms with Gasteiger partial charge in [0.2, 0.25) is 5.88 Å². The fourth-order valence-electron chi connectivity index (χ4n) is 3.14. The highest BCUT2D eigenvalue weighted by Crippen LogP contribution is 2.18. The molecular formula is C21H23N3O4. The molecule has 1 saturated heterocycles. The third-order valence-electron chi connectivity index (χ3n) is 4.68. The second kappa shape index (κ2) is 8.75. The van der Waals surface area contributed by atoms with Gasteiger partial charge in [-0.1, -0.05) is 6.07 Å². The van der Waals surface area contributed by atoms with Crippen LogP contribution >= 0.6 is 0 Å². The number of nitrogens with one attached hydrogen (secondary N) is 2. The van der Waals surface area contributed by atoms with Gasteiger partial charge in [-0.2, -0.15) is 0 Å². The standard InChI is InChI=1S/C21H23N3O4/c25-21(23-13-15-1-2-19-17(11-15)4-10-27-19)24-14-16-3-7-22-20(12-16)28-18-5-8-26-9-6-18/h1-4,7,10-12,18H,5-6,8-9,13-14H2,(H2,23,24,25). The number of nitrogens with zero attached hydrogens (tertiary/aromatic N) is 1. The maximum absolute atomic E-state index is 12.1. The molecule has 0 radical (unpaired) electrons. The molecule has 1 aliphatic heterocycles. The van der Waals surface area contributed by atoms with E-state index in [4.69, 9.17) is 13.9 Å². The predicted molar refractivity (Wildman–Crippen MR) is 104 cm³/mol. The zero-order valence-electron chi connectivity index (χ0n) is 15.5. The largest absolute Gasteiger partial charge is 0.474 e. The Bertz CT molecular complexity index is 934. The van der Waals surface area contributed by atoms with Crippen LogP contribution in [0.15, 0.2) is 53.3 Å². The molecule has 0 bridgehead atoms. The van der Waals surface area contributed by atoms with E-state index in [9.17, 15) is 4.79 Å². The van der Waals surface area contributed by atoms with Gasteiger partial charge < -0.3 is 24.5 Å². The first kappa shape index (κ1) is 18.3. The lowest BCUT2D eigenvalue weighted by Gasteiger charge is -2.22. The molecule has 1 aliphatic rings. The summed E-state index contributed by atoms with van der Waals surface area (Å²) in [6, 6.07) is 11.3. The Morgan fingerprint density at radius 3 is 2.68 bits per heavy atom. The van der Waals surface area contributed by atoms with E-state index in [0.717, 1.165) is 48.2 Å². The van der Waals surface area contributed by atoms with Crippen molar-refractivity contribution in [1.82, 2.24) is 15.6 Å². The molecule has 7 nitrogen and oxygen atoms in total. The molecule has 0 unspecified atom stereocenters. The Balaban J connectivity index is 1.25. The normalized spacial score (nSPS) is 14.7. The van der Waals surface area contributed by atoms with Gasteiger partial charge in [0.25, 0.3) is 0 Å². The summed E-state index contributed by atoms with van der Waals surface area (Å²) in [6.45, 7) is 2.29. The number of fused-ring (bicyclic) bond motifs is 1. The molecule has 0 saturated carbocycles. The Morgan fingerprint density at radius 2 is 1.86 bits per heavy atom. The van der Waals surface area contributed by atoms with Gasteiger partial charge in [-0.3, -0.25) is 0 Å². The summed E-state index contributed by atoms with van der Waals surface area (Å²) in [7, 11) is 0. The van der Waals surface area contributed by atoms with Gasteiger partial charge in [0.05, 0.1) is 19.5 Å². The van der Waals surface area contributed by atoms with E-state index in [1.807, 2.05) is 36.4 Å². The topological polar surface area (TPSA) is 85.6 Å². The third kappa shape index (κ3) is 4.80. The summed E-state index contributed by atoms with van der Waals surface area (Å²) in [5.74, 6) is 0.583. The van der Waals surface area contributed by atoms with Crippen molar-refractivity contribution in [1.29, 1.82) is 0 Å². The fourth-order valence-corrected chi connectivity index (χ4v) is 3.14. The van der Waals surface area contributed by atoms with Crippen LogP contribution in [0.1, 0.15) is 24.0 Å². The number of pyridine rings is 1. The Labute approximate surface area is 163 Å². The Morgan fingerprint density at radius 1 is 1.07 bits per heavy atom. The van der Waals surface area contributed by atoms with Crippen molar-refractivity contribution in [2.24, 2.45) is 0 Å². The number of hydrogen-bond donors (Lipinski definition) is 2. The third-order valence-corrected chi connectivity index (χ3v) is 4.68. The van der Waals surface area contributed by atoms with Crippen molar-refractivity contribution in [2.75, 3.05) is 13.2 Å². The van der Waals surface area contributed by atoms with Gasteiger partial charge in [0, 0.05) is 43.6 Å². The minimum Gasteiger partial charge on any atom is -0.474 e.